The van der Waals surface area contributed by atoms with Gasteiger partial charge in [-0.15, -0.1) is 59.6 Å². The molecule has 12 N–H and O–H groups in total. The molecule has 0 atom stereocenters. The molecule has 3 heterocycles. The molecule has 16 nitrogen and oxygen atoms in total. The van der Waals surface area contributed by atoms with E-state index in [1.54, 1.807) is 0 Å². The molecule has 0 amide bonds. The Labute approximate surface area is 630 Å². The summed E-state index contributed by atoms with van der Waals surface area (Å²) in [5, 5.41) is 40.1. The zero-order valence-corrected chi connectivity index (χ0v) is 66.7. The van der Waals surface area contributed by atoms with E-state index in [1.807, 2.05) is 92.4 Å². The van der Waals surface area contributed by atoms with Crippen molar-refractivity contribution in [3.63, 3.8) is 0 Å². The molecule has 22 heteroatoms. The van der Waals surface area contributed by atoms with E-state index < -0.39 is 0 Å². The molecule has 8 rings (SSSR count). The van der Waals surface area contributed by atoms with Crippen LogP contribution >= 0.6 is 59.6 Å². The fraction of sp³-hybridized carbons (Fsp3) is 0.600. The van der Waals surface area contributed by atoms with Gasteiger partial charge >= 0.3 is 0 Å². The summed E-state index contributed by atoms with van der Waals surface area (Å²) >= 11 is 17.0. The number of nitrogens with zero attached hydrogens (tertiary/aromatic N) is 7. The number of aliphatic hydroxyl groups is 4. The monoisotopic (exact) mass is 1550 g/mol. The van der Waals surface area contributed by atoms with E-state index in [1.165, 1.54) is 93.3 Å². The third-order valence-electron chi connectivity index (χ3n) is 14.9. The first-order chi connectivity index (χ1) is 43.8. The maximum absolute atomic E-state index is 8.82. The molecule has 5 aromatic rings. The average Bonchev–Trinajstić information content (AvgIpc) is 0.974. The third kappa shape index (κ3) is 56.8. The first-order valence-corrected chi connectivity index (χ1v) is 35.1. The predicted octanol–water partition coefficient (Wildman–Crippen LogP) is 10.3. The topological polar surface area (TPSA) is 217 Å². The molecular weight excluding hydrogens is 1420 g/mol. The van der Waals surface area contributed by atoms with Crippen molar-refractivity contribution in [2.45, 2.75) is 137 Å². The second kappa shape index (κ2) is 62.2. The van der Waals surface area contributed by atoms with E-state index in [-0.39, 0.29) is 88.2 Å². The van der Waals surface area contributed by atoms with Crippen LogP contribution in [0, 0.1) is 0 Å². The Morgan fingerprint density at radius 3 is 0.887 bits per heavy atom. The molecule has 97 heavy (non-hydrogen) atoms. The van der Waals surface area contributed by atoms with Crippen LogP contribution in [0.4, 0.5) is 0 Å². The summed E-state index contributed by atoms with van der Waals surface area (Å²) in [6, 6.07) is 51.9. The minimum Gasteiger partial charge on any atom is -0.412 e. The summed E-state index contributed by atoms with van der Waals surface area (Å²) in [4.78, 5) is 17.1. The molecule has 0 aromatic heterocycles. The van der Waals surface area contributed by atoms with Crippen LogP contribution in [0.3, 0.4) is 0 Å². The Balaban J connectivity index is -0.000000338. The fourth-order valence-corrected chi connectivity index (χ4v) is 10.4. The van der Waals surface area contributed by atoms with Gasteiger partial charge in [0, 0.05) is 204 Å². The molecule has 0 bridgehead atoms. The Morgan fingerprint density at radius 2 is 0.660 bits per heavy atom. The zero-order chi connectivity index (χ0) is 68.5. The van der Waals surface area contributed by atoms with Crippen molar-refractivity contribution in [2.75, 3.05) is 156 Å². The van der Waals surface area contributed by atoms with Crippen molar-refractivity contribution in [2.24, 2.45) is 5.73 Å². The second-order valence-electron chi connectivity index (χ2n) is 27.3. The van der Waals surface area contributed by atoms with Crippen LogP contribution in [0.2, 0.25) is 0 Å². The van der Waals surface area contributed by atoms with Gasteiger partial charge in [-0.2, -0.15) is 0 Å². The van der Waals surface area contributed by atoms with Gasteiger partial charge < -0.3 is 47.7 Å². The fourth-order valence-electron chi connectivity index (χ4n) is 9.77. The number of rotatable bonds is 21. The van der Waals surface area contributed by atoms with Crippen LogP contribution in [0.15, 0.2) is 152 Å². The number of nitrogens with two attached hydrogens (primary N) is 1. The molecule has 0 saturated carbocycles. The Hall–Kier alpha value is -2.43. The van der Waals surface area contributed by atoms with Gasteiger partial charge in [0.1, 0.15) is 0 Å². The second-order valence-corrected chi connectivity index (χ2v) is 28.3. The van der Waals surface area contributed by atoms with Crippen molar-refractivity contribution in [1.29, 1.82) is 0 Å². The van der Waals surface area contributed by atoms with Crippen molar-refractivity contribution in [3.8, 4) is 0 Å². The standard InChI is InChI=1S/2C15H24N2.C11H15Cl2N.C11H17NO2.C8H18N2.C7H7Cl.C4H11NO2.C4H11N.2ClH.2H2O.Pd/c2*1-15(2,3)17-11-9-16(10-12-17)13-14-7-5-4-6-8-14;12-6-8-14(9-7-13)10-11-4-2-1-3-5-11;13-8-6-12(7-9-14)10-11-4-2-1-3-5-11;1-8(2,3)10-6-4-9-5-7-10;8-6-7-4-2-1-3-5-7;6-3-1-5-2-4-7;1-4(2,3)5;;;;;/h2*4-8H,9-13H2,1-3H3;1-5H,6-10H2;1-5,13-14H,6-10H2;9H,4-7H2,1-3H3;1-5H,6H2;5-7H,1-4H2;5H2,1-3H3;2*1H;2*1H2;. The molecule has 3 fully saturated rings. The van der Waals surface area contributed by atoms with Crippen LogP contribution in [0.5, 0.6) is 0 Å². The summed E-state index contributed by atoms with van der Waals surface area (Å²) in [5.74, 6) is 1.92. The van der Waals surface area contributed by atoms with E-state index in [0.717, 1.165) is 52.4 Å². The zero-order valence-electron chi connectivity index (χ0n) is 61.2. The third-order valence-corrected chi connectivity index (χ3v) is 15.6. The summed E-state index contributed by atoms with van der Waals surface area (Å²) in [7, 11) is 0. The molecule has 0 radical (unpaired) electrons. The number of alkyl halides is 3. The first-order valence-electron chi connectivity index (χ1n) is 33.5. The molecular formula is C75H133Cl5N10O6Pd. The van der Waals surface area contributed by atoms with Gasteiger partial charge in [0.05, 0.1) is 26.4 Å². The Kier molecular flexibility index (Phi) is 66.1. The number of benzene rings is 5. The van der Waals surface area contributed by atoms with Crippen molar-refractivity contribution >= 4 is 59.6 Å². The number of halogens is 5. The maximum Gasteiger partial charge on any atom is 0.0558 e. The molecule has 5 aromatic carbocycles. The van der Waals surface area contributed by atoms with Crippen LogP contribution in [0.25, 0.3) is 0 Å². The van der Waals surface area contributed by atoms with Gasteiger partial charge in [0.2, 0.25) is 0 Å². The van der Waals surface area contributed by atoms with Crippen molar-refractivity contribution in [1.82, 2.24) is 44.9 Å². The number of nitrogens with one attached hydrogen (secondary N) is 2. The SMILES string of the molecule is CC(C)(C)N.CC(C)(C)N1CCN(Cc2ccccc2)CC1.CC(C)(C)N1CCN(Cc2ccccc2)CC1.CC(C)(C)N1CCNCC1.Cl.Cl.ClCCN(CCCl)Cc1ccccc1.ClCc1ccccc1.O.O.OCCN(CCO)Cc1ccccc1.OCCNCCO.[Pd]. The van der Waals surface area contributed by atoms with Crippen molar-refractivity contribution < 1.29 is 51.8 Å². The van der Waals surface area contributed by atoms with E-state index in [2.05, 4.69) is 187 Å². The van der Waals surface area contributed by atoms with Gasteiger partial charge in [-0.05, 0) is 111 Å². The largest absolute Gasteiger partial charge is 0.412 e. The van der Waals surface area contributed by atoms with E-state index >= 15 is 0 Å². The number of hydrogen-bond donors (Lipinski definition) is 7. The molecule has 0 spiro atoms. The van der Waals surface area contributed by atoms with Crippen LogP contribution < -0.4 is 16.4 Å². The first kappa shape index (κ1) is 103. The van der Waals surface area contributed by atoms with E-state index in [0.29, 0.717) is 60.4 Å². The van der Waals surface area contributed by atoms with Crippen LogP contribution in [-0.2, 0) is 52.5 Å². The van der Waals surface area contributed by atoms with Crippen LogP contribution in [-0.4, -0.2) is 244 Å². The molecule has 3 aliphatic rings. The molecule has 0 unspecified atom stereocenters. The number of aliphatic hydroxyl groups excluding tert-OH is 4. The molecule has 564 valence electrons. The Morgan fingerprint density at radius 1 is 0.402 bits per heavy atom. The van der Waals surface area contributed by atoms with Gasteiger partial charge in [-0.25, -0.2) is 0 Å². The molecule has 3 saturated heterocycles. The maximum atomic E-state index is 8.82. The summed E-state index contributed by atoms with van der Waals surface area (Å²) in [6.45, 7) is 49.3. The van der Waals surface area contributed by atoms with Crippen molar-refractivity contribution in [3.05, 3.63) is 179 Å². The molecule has 3 aliphatic heterocycles. The van der Waals surface area contributed by atoms with E-state index in [4.69, 9.17) is 61.0 Å². The summed E-state index contributed by atoms with van der Waals surface area (Å²) < 4.78 is 0. The normalized spacial score (nSPS) is 14.4. The van der Waals surface area contributed by atoms with Gasteiger partial charge in [0.15, 0.2) is 0 Å². The van der Waals surface area contributed by atoms with Crippen LogP contribution in [0.1, 0.15) is 111 Å². The predicted molar refractivity (Wildman–Crippen MR) is 418 cm³/mol. The average molecular weight is 1550 g/mol. The minimum absolute atomic E-state index is 0. The van der Waals surface area contributed by atoms with Gasteiger partial charge in [-0.3, -0.25) is 34.3 Å². The van der Waals surface area contributed by atoms with Gasteiger partial charge in [-0.1, -0.05) is 152 Å². The summed E-state index contributed by atoms with van der Waals surface area (Å²) in [6.07, 6.45) is 0. The number of hydrogen-bond acceptors (Lipinski definition) is 14. The van der Waals surface area contributed by atoms with E-state index in [9.17, 15) is 0 Å². The number of piperazine rings is 3. The minimum atomic E-state index is 0. The smallest absolute Gasteiger partial charge is 0.0558 e. The quantitative estimate of drug-likeness (QED) is 0.0207. The molecule has 0 aliphatic carbocycles. The summed E-state index contributed by atoms with van der Waals surface area (Å²) in [5.41, 5.74) is 12.9. The Bertz CT molecular complexity index is 2280. The van der Waals surface area contributed by atoms with Gasteiger partial charge in [0.25, 0.3) is 0 Å².